The Morgan fingerprint density at radius 2 is 1.96 bits per heavy atom. The van der Waals surface area contributed by atoms with Gasteiger partial charge in [-0.1, -0.05) is 17.7 Å². The molecule has 2 rings (SSSR count). The van der Waals surface area contributed by atoms with Gasteiger partial charge in [0.05, 0.1) is 6.61 Å². The average molecular weight is 364 g/mol. The second-order valence-corrected chi connectivity index (χ2v) is 6.19. The van der Waals surface area contributed by atoms with Crippen LogP contribution in [0.2, 0.25) is 5.02 Å². The van der Waals surface area contributed by atoms with Crippen LogP contribution in [0.5, 0.6) is 17.2 Å². The highest BCUT2D eigenvalue weighted by atomic mass is 35.5. The molecule has 1 amide bonds. The molecule has 0 spiro atoms. The predicted octanol–water partition coefficient (Wildman–Crippen LogP) is 3.58. The van der Waals surface area contributed by atoms with Crippen molar-refractivity contribution in [1.29, 1.82) is 0 Å². The highest BCUT2D eigenvalue weighted by Gasteiger charge is 2.04. The van der Waals surface area contributed by atoms with Crippen LogP contribution in [0.4, 0.5) is 0 Å². The summed E-state index contributed by atoms with van der Waals surface area (Å²) in [5, 5.41) is 22.2. The summed E-state index contributed by atoms with van der Waals surface area (Å²) in [4.78, 5) is 11.8. The summed E-state index contributed by atoms with van der Waals surface area (Å²) >= 11 is 5.96. The maximum Gasteiger partial charge on any atom is 0.220 e. The highest BCUT2D eigenvalue weighted by Crippen LogP contribution is 2.25. The number of aryl methyl sites for hydroxylation is 1. The third kappa shape index (κ3) is 6.19. The molecule has 0 saturated heterocycles. The zero-order valence-corrected chi connectivity index (χ0v) is 14.8. The summed E-state index contributed by atoms with van der Waals surface area (Å²) in [6.07, 6.45) is 1.58. The molecule has 0 bridgehead atoms. The number of amides is 1. The molecule has 2 aromatic carbocycles. The van der Waals surface area contributed by atoms with Crippen LogP contribution >= 0.6 is 11.6 Å². The fourth-order valence-corrected chi connectivity index (χ4v) is 2.41. The highest BCUT2D eigenvalue weighted by molar-refractivity contribution is 6.31. The van der Waals surface area contributed by atoms with Crippen molar-refractivity contribution in [2.75, 3.05) is 13.2 Å². The van der Waals surface area contributed by atoms with Gasteiger partial charge >= 0.3 is 0 Å². The van der Waals surface area contributed by atoms with E-state index in [-0.39, 0.29) is 17.4 Å². The quantitative estimate of drug-likeness (QED) is 0.495. The second-order valence-electron chi connectivity index (χ2n) is 5.79. The van der Waals surface area contributed by atoms with Gasteiger partial charge in [-0.05, 0) is 61.2 Å². The van der Waals surface area contributed by atoms with Gasteiger partial charge in [-0.25, -0.2) is 0 Å². The van der Waals surface area contributed by atoms with Gasteiger partial charge in [-0.15, -0.1) is 0 Å². The number of halogens is 1. The Morgan fingerprint density at radius 1 is 1.16 bits per heavy atom. The Bertz CT molecular complexity index is 733. The van der Waals surface area contributed by atoms with E-state index in [1.54, 1.807) is 12.1 Å². The number of phenols is 2. The van der Waals surface area contributed by atoms with E-state index in [0.717, 1.165) is 16.9 Å². The molecule has 0 atom stereocenters. The van der Waals surface area contributed by atoms with Crippen LogP contribution in [0.15, 0.2) is 36.4 Å². The van der Waals surface area contributed by atoms with Gasteiger partial charge in [0.1, 0.15) is 5.75 Å². The first-order valence-corrected chi connectivity index (χ1v) is 8.50. The minimum Gasteiger partial charge on any atom is -0.504 e. The lowest BCUT2D eigenvalue weighted by molar-refractivity contribution is -0.121. The lowest BCUT2D eigenvalue weighted by atomic mass is 10.1. The number of hydrogen-bond donors (Lipinski definition) is 3. The number of nitrogens with one attached hydrogen (secondary N) is 1. The van der Waals surface area contributed by atoms with Gasteiger partial charge in [0.25, 0.3) is 0 Å². The lowest BCUT2D eigenvalue weighted by Gasteiger charge is -2.08. The molecule has 6 heteroatoms. The second kappa shape index (κ2) is 9.18. The van der Waals surface area contributed by atoms with E-state index in [1.807, 2.05) is 19.1 Å². The van der Waals surface area contributed by atoms with Crippen molar-refractivity contribution in [1.82, 2.24) is 5.32 Å². The zero-order chi connectivity index (χ0) is 18.2. The summed E-state index contributed by atoms with van der Waals surface area (Å²) in [6.45, 7) is 2.84. The van der Waals surface area contributed by atoms with Crippen LogP contribution in [-0.4, -0.2) is 29.3 Å². The third-order valence-electron chi connectivity index (χ3n) is 3.72. The maximum atomic E-state index is 11.8. The monoisotopic (exact) mass is 363 g/mol. The first-order valence-electron chi connectivity index (χ1n) is 8.12. The topological polar surface area (TPSA) is 78.8 Å². The molecule has 0 heterocycles. The normalized spacial score (nSPS) is 10.5. The predicted molar refractivity (Wildman–Crippen MR) is 97.4 cm³/mol. The van der Waals surface area contributed by atoms with E-state index < -0.39 is 0 Å². The molecule has 25 heavy (non-hydrogen) atoms. The van der Waals surface area contributed by atoms with E-state index in [9.17, 15) is 15.0 Å². The number of aromatic hydroxyl groups is 2. The largest absolute Gasteiger partial charge is 0.504 e. The standard InChI is InChI=1S/C19H22ClNO4/c1-13-11-15(5-6-16(13)20)25-10-2-3-19(24)21-9-8-14-4-7-17(22)18(23)12-14/h4-7,11-12,22-23H,2-3,8-10H2,1H3,(H,21,24). The van der Waals surface area contributed by atoms with Crippen LogP contribution in [-0.2, 0) is 11.2 Å². The van der Waals surface area contributed by atoms with Gasteiger partial charge in [0, 0.05) is 18.0 Å². The minimum atomic E-state index is -0.154. The van der Waals surface area contributed by atoms with Crippen LogP contribution in [0.3, 0.4) is 0 Å². The third-order valence-corrected chi connectivity index (χ3v) is 4.15. The maximum absolute atomic E-state index is 11.8. The summed E-state index contributed by atoms with van der Waals surface area (Å²) in [5.74, 6) is 0.399. The first kappa shape index (κ1) is 18.9. The SMILES string of the molecule is Cc1cc(OCCCC(=O)NCCc2ccc(O)c(O)c2)ccc1Cl. The smallest absolute Gasteiger partial charge is 0.220 e. The number of rotatable bonds is 8. The van der Waals surface area contributed by atoms with Crippen molar-refractivity contribution in [2.24, 2.45) is 0 Å². The Kier molecular flexibility index (Phi) is 6.95. The summed E-state index contributed by atoms with van der Waals surface area (Å²) in [6, 6.07) is 10.1. The Balaban J connectivity index is 1.62. The number of carbonyl (C=O) groups excluding carboxylic acids is 1. The first-order chi connectivity index (χ1) is 12.0. The van der Waals surface area contributed by atoms with Crippen molar-refractivity contribution < 1.29 is 19.7 Å². The molecule has 0 fully saturated rings. The van der Waals surface area contributed by atoms with Crippen LogP contribution in [0, 0.1) is 6.92 Å². The van der Waals surface area contributed by atoms with Crippen molar-refractivity contribution in [3.8, 4) is 17.2 Å². The Labute approximate surface area is 152 Å². The van der Waals surface area contributed by atoms with Crippen molar-refractivity contribution in [2.45, 2.75) is 26.2 Å². The molecule has 0 saturated carbocycles. The molecule has 0 unspecified atom stereocenters. The fourth-order valence-electron chi connectivity index (χ4n) is 2.29. The number of hydrogen-bond acceptors (Lipinski definition) is 4. The molecule has 0 aliphatic heterocycles. The van der Waals surface area contributed by atoms with Crippen molar-refractivity contribution in [3.05, 3.63) is 52.5 Å². The zero-order valence-electron chi connectivity index (χ0n) is 14.1. The van der Waals surface area contributed by atoms with Gasteiger partial charge in [-0.3, -0.25) is 4.79 Å². The van der Waals surface area contributed by atoms with Gasteiger partial charge in [-0.2, -0.15) is 0 Å². The molecule has 5 nitrogen and oxygen atoms in total. The van der Waals surface area contributed by atoms with E-state index >= 15 is 0 Å². The fraction of sp³-hybridized carbons (Fsp3) is 0.316. The molecular weight excluding hydrogens is 342 g/mol. The van der Waals surface area contributed by atoms with Gasteiger partial charge < -0.3 is 20.3 Å². The van der Waals surface area contributed by atoms with Crippen molar-refractivity contribution >= 4 is 17.5 Å². The van der Waals surface area contributed by atoms with E-state index in [1.165, 1.54) is 12.1 Å². The number of benzene rings is 2. The molecule has 0 aromatic heterocycles. The van der Waals surface area contributed by atoms with Gasteiger partial charge in [0.2, 0.25) is 5.91 Å². The van der Waals surface area contributed by atoms with Crippen molar-refractivity contribution in [3.63, 3.8) is 0 Å². The van der Waals surface area contributed by atoms with E-state index in [2.05, 4.69) is 5.32 Å². The van der Waals surface area contributed by atoms with Gasteiger partial charge in [0.15, 0.2) is 11.5 Å². The van der Waals surface area contributed by atoms with Crippen LogP contribution in [0.25, 0.3) is 0 Å². The van der Waals surface area contributed by atoms with Crippen LogP contribution in [0.1, 0.15) is 24.0 Å². The molecular formula is C19H22ClNO4. The number of ether oxygens (including phenoxy) is 1. The minimum absolute atomic E-state index is 0.0427. The lowest BCUT2D eigenvalue weighted by Crippen LogP contribution is -2.25. The van der Waals surface area contributed by atoms with Crippen LogP contribution < -0.4 is 10.1 Å². The summed E-state index contributed by atoms with van der Waals surface area (Å²) in [7, 11) is 0. The Hall–Kier alpha value is -2.40. The average Bonchev–Trinajstić information content (AvgIpc) is 2.58. The van der Waals surface area contributed by atoms with E-state index in [4.69, 9.17) is 16.3 Å². The molecule has 0 aliphatic rings. The molecule has 134 valence electrons. The number of carbonyl (C=O) groups is 1. The summed E-state index contributed by atoms with van der Waals surface area (Å²) < 4.78 is 5.60. The molecule has 0 radical (unpaired) electrons. The molecule has 0 aliphatic carbocycles. The molecule has 3 N–H and O–H groups in total. The van der Waals surface area contributed by atoms with E-state index in [0.29, 0.717) is 37.4 Å². The number of phenolic OH excluding ortho intramolecular Hbond substituents is 2. The molecule has 2 aromatic rings. The Morgan fingerprint density at radius 3 is 2.68 bits per heavy atom. The summed E-state index contributed by atoms with van der Waals surface area (Å²) in [5.41, 5.74) is 1.80.